The lowest BCUT2D eigenvalue weighted by Crippen LogP contribution is -2.43. The Hall–Kier alpha value is -0.380. The van der Waals surface area contributed by atoms with Crippen molar-refractivity contribution in [1.29, 1.82) is 0 Å². The smallest absolute Gasteiger partial charge is 0.0328 e. The van der Waals surface area contributed by atoms with Gasteiger partial charge in [0.1, 0.15) is 0 Å². The Morgan fingerprint density at radius 2 is 2.25 bits per heavy atom. The molecular weight excluding hydrogens is 216 g/mol. The number of aryl methyl sites for hydroxylation is 1. The largest absolute Gasteiger partial charge is 0.315 e. The van der Waals surface area contributed by atoms with Gasteiger partial charge in [0.05, 0.1) is 0 Å². The molecular formula is C13H22N2S. The first-order chi connectivity index (χ1) is 7.79. The molecule has 2 heterocycles. The lowest BCUT2D eigenvalue weighted by Gasteiger charge is -2.31. The number of piperidine rings is 1. The van der Waals surface area contributed by atoms with E-state index in [1.54, 1.807) is 0 Å². The number of hydrogen-bond acceptors (Lipinski definition) is 3. The molecule has 90 valence electrons. The maximum atomic E-state index is 3.48. The quantitative estimate of drug-likeness (QED) is 0.867. The van der Waals surface area contributed by atoms with Crippen molar-refractivity contribution >= 4 is 11.3 Å². The van der Waals surface area contributed by atoms with Gasteiger partial charge < -0.3 is 5.32 Å². The molecule has 1 saturated heterocycles. The summed E-state index contributed by atoms with van der Waals surface area (Å²) in [7, 11) is 2.25. The van der Waals surface area contributed by atoms with Crippen molar-refractivity contribution in [3.63, 3.8) is 0 Å². The molecule has 1 aromatic heterocycles. The Labute approximate surface area is 103 Å². The van der Waals surface area contributed by atoms with Gasteiger partial charge in [0.15, 0.2) is 0 Å². The predicted molar refractivity (Wildman–Crippen MR) is 71.1 cm³/mol. The molecule has 1 atom stereocenters. The Morgan fingerprint density at radius 3 is 2.88 bits per heavy atom. The van der Waals surface area contributed by atoms with E-state index in [1.807, 2.05) is 11.3 Å². The molecule has 2 rings (SSSR count). The summed E-state index contributed by atoms with van der Waals surface area (Å²) in [5.74, 6) is 0. The molecule has 0 amide bonds. The minimum atomic E-state index is 0.723. The fraction of sp³-hybridized carbons (Fsp3) is 0.692. The molecule has 1 aliphatic heterocycles. The fourth-order valence-corrected chi connectivity index (χ4v) is 3.30. The SMILES string of the molecule is CCc1ccc(CN(C)C2CCCNC2)s1. The number of likely N-dealkylation sites (N-methyl/N-ethyl adjacent to an activating group) is 1. The first-order valence-electron chi connectivity index (χ1n) is 6.28. The van der Waals surface area contributed by atoms with E-state index in [4.69, 9.17) is 0 Å². The molecule has 0 aliphatic carbocycles. The summed E-state index contributed by atoms with van der Waals surface area (Å²) in [5, 5.41) is 3.48. The third-order valence-electron chi connectivity index (χ3n) is 3.37. The third-order valence-corrected chi connectivity index (χ3v) is 4.58. The first-order valence-corrected chi connectivity index (χ1v) is 7.09. The zero-order valence-corrected chi connectivity index (χ0v) is 11.1. The Kier molecular flexibility index (Phi) is 4.38. The van der Waals surface area contributed by atoms with Gasteiger partial charge in [-0.15, -0.1) is 11.3 Å². The molecule has 1 aliphatic rings. The second kappa shape index (κ2) is 5.80. The molecule has 1 fully saturated rings. The normalized spacial score (nSPS) is 21.6. The average Bonchev–Trinajstić information content (AvgIpc) is 2.78. The zero-order chi connectivity index (χ0) is 11.4. The van der Waals surface area contributed by atoms with E-state index in [2.05, 4.69) is 36.3 Å². The van der Waals surface area contributed by atoms with Crippen molar-refractivity contribution in [2.75, 3.05) is 20.1 Å². The van der Waals surface area contributed by atoms with E-state index >= 15 is 0 Å². The number of nitrogens with zero attached hydrogens (tertiary/aromatic N) is 1. The Bertz CT molecular complexity index is 315. The van der Waals surface area contributed by atoms with Crippen LogP contribution >= 0.6 is 11.3 Å². The van der Waals surface area contributed by atoms with E-state index in [-0.39, 0.29) is 0 Å². The second-order valence-electron chi connectivity index (χ2n) is 4.64. The van der Waals surface area contributed by atoms with Crippen LogP contribution in [0.5, 0.6) is 0 Å². The number of thiophene rings is 1. The monoisotopic (exact) mass is 238 g/mol. The van der Waals surface area contributed by atoms with E-state index < -0.39 is 0 Å². The van der Waals surface area contributed by atoms with Crippen LogP contribution in [0.2, 0.25) is 0 Å². The molecule has 0 spiro atoms. The molecule has 1 unspecified atom stereocenters. The van der Waals surface area contributed by atoms with Crippen LogP contribution in [-0.2, 0) is 13.0 Å². The van der Waals surface area contributed by atoms with E-state index in [9.17, 15) is 0 Å². The topological polar surface area (TPSA) is 15.3 Å². The van der Waals surface area contributed by atoms with Gasteiger partial charge in [0.2, 0.25) is 0 Å². The van der Waals surface area contributed by atoms with Crippen LogP contribution in [0.25, 0.3) is 0 Å². The van der Waals surface area contributed by atoms with Crippen molar-refractivity contribution in [3.05, 3.63) is 21.9 Å². The number of rotatable bonds is 4. The van der Waals surface area contributed by atoms with Gasteiger partial charge >= 0.3 is 0 Å². The van der Waals surface area contributed by atoms with Crippen molar-refractivity contribution in [3.8, 4) is 0 Å². The summed E-state index contributed by atoms with van der Waals surface area (Å²) < 4.78 is 0. The molecule has 1 aromatic rings. The molecule has 0 saturated carbocycles. The molecule has 2 nitrogen and oxygen atoms in total. The highest BCUT2D eigenvalue weighted by Gasteiger charge is 2.17. The zero-order valence-electron chi connectivity index (χ0n) is 10.3. The van der Waals surface area contributed by atoms with Gasteiger partial charge in [-0.1, -0.05) is 6.92 Å². The Balaban J connectivity index is 1.87. The van der Waals surface area contributed by atoms with E-state index in [0.717, 1.165) is 19.1 Å². The highest BCUT2D eigenvalue weighted by atomic mass is 32.1. The molecule has 16 heavy (non-hydrogen) atoms. The van der Waals surface area contributed by atoms with Crippen LogP contribution in [0.1, 0.15) is 29.5 Å². The van der Waals surface area contributed by atoms with Crippen LogP contribution in [0.3, 0.4) is 0 Å². The minimum absolute atomic E-state index is 0.723. The summed E-state index contributed by atoms with van der Waals surface area (Å²) >= 11 is 1.96. The standard InChI is InChI=1S/C13H22N2S/c1-3-12-6-7-13(16-12)10-15(2)11-5-4-8-14-9-11/h6-7,11,14H,3-5,8-10H2,1-2H3. The molecule has 0 bridgehead atoms. The van der Waals surface area contributed by atoms with Gasteiger partial charge in [-0.3, -0.25) is 4.90 Å². The van der Waals surface area contributed by atoms with Gasteiger partial charge in [-0.2, -0.15) is 0 Å². The summed E-state index contributed by atoms with van der Waals surface area (Å²) in [6.45, 7) is 5.69. The van der Waals surface area contributed by atoms with Gasteiger partial charge in [0, 0.05) is 28.9 Å². The molecule has 1 N–H and O–H groups in total. The first kappa shape index (κ1) is 12.1. The van der Waals surface area contributed by atoms with Crippen molar-refractivity contribution < 1.29 is 0 Å². The van der Waals surface area contributed by atoms with Crippen molar-refractivity contribution in [1.82, 2.24) is 10.2 Å². The third kappa shape index (κ3) is 3.06. The van der Waals surface area contributed by atoms with Gasteiger partial charge in [0.25, 0.3) is 0 Å². The maximum absolute atomic E-state index is 3.48. The molecule has 3 heteroatoms. The lowest BCUT2D eigenvalue weighted by atomic mass is 10.1. The summed E-state index contributed by atoms with van der Waals surface area (Å²) in [4.78, 5) is 5.51. The van der Waals surface area contributed by atoms with Crippen LogP contribution in [-0.4, -0.2) is 31.1 Å². The number of nitrogens with one attached hydrogen (secondary N) is 1. The van der Waals surface area contributed by atoms with Crippen LogP contribution < -0.4 is 5.32 Å². The molecule has 0 radical (unpaired) electrons. The highest BCUT2D eigenvalue weighted by Crippen LogP contribution is 2.20. The predicted octanol–water partition coefficient (Wildman–Crippen LogP) is 2.49. The van der Waals surface area contributed by atoms with Crippen molar-refractivity contribution in [2.45, 2.75) is 38.8 Å². The van der Waals surface area contributed by atoms with E-state index in [0.29, 0.717) is 0 Å². The Morgan fingerprint density at radius 1 is 1.44 bits per heavy atom. The minimum Gasteiger partial charge on any atom is -0.315 e. The van der Waals surface area contributed by atoms with Crippen LogP contribution in [0, 0.1) is 0 Å². The van der Waals surface area contributed by atoms with Crippen LogP contribution in [0.4, 0.5) is 0 Å². The average molecular weight is 238 g/mol. The summed E-state index contributed by atoms with van der Waals surface area (Å²) in [6, 6.07) is 5.28. The van der Waals surface area contributed by atoms with Gasteiger partial charge in [-0.05, 0) is 45.0 Å². The summed E-state index contributed by atoms with van der Waals surface area (Å²) in [6.07, 6.45) is 3.83. The van der Waals surface area contributed by atoms with Crippen molar-refractivity contribution in [2.24, 2.45) is 0 Å². The van der Waals surface area contributed by atoms with Gasteiger partial charge in [-0.25, -0.2) is 0 Å². The fourth-order valence-electron chi connectivity index (χ4n) is 2.28. The maximum Gasteiger partial charge on any atom is 0.0328 e. The molecule has 0 aromatic carbocycles. The lowest BCUT2D eigenvalue weighted by molar-refractivity contribution is 0.197. The van der Waals surface area contributed by atoms with E-state index in [1.165, 1.54) is 35.6 Å². The highest BCUT2D eigenvalue weighted by molar-refractivity contribution is 7.11. The van der Waals surface area contributed by atoms with Crippen LogP contribution in [0.15, 0.2) is 12.1 Å². The summed E-state index contributed by atoms with van der Waals surface area (Å²) in [5.41, 5.74) is 0. The number of hydrogen-bond donors (Lipinski definition) is 1. The second-order valence-corrected chi connectivity index (χ2v) is 5.89.